The number of rotatable bonds is 7. The van der Waals surface area contributed by atoms with Crippen LogP contribution in [-0.4, -0.2) is 35.4 Å². The van der Waals surface area contributed by atoms with Crippen molar-refractivity contribution in [2.24, 2.45) is 0 Å². The quantitative estimate of drug-likeness (QED) is 0.764. The molecule has 1 aromatic carbocycles. The van der Waals surface area contributed by atoms with Crippen molar-refractivity contribution < 1.29 is 9.53 Å². The summed E-state index contributed by atoms with van der Waals surface area (Å²) < 4.78 is 5.88. The number of amides is 1. The van der Waals surface area contributed by atoms with Gasteiger partial charge in [-0.05, 0) is 37.0 Å². The number of H-pyrrole nitrogens is 1. The molecule has 5 nitrogen and oxygen atoms in total. The van der Waals surface area contributed by atoms with Crippen molar-refractivity contribution in [1.82, 2.24) is 15.5 Å². The molecule has 0 radical (unpaired) electrons. The minimum absolute atomic E-state index is 0.0435. The predicted octanol–water partition coefficient (Wildman–Crippen LogP) is 3.55. The maximum absolute atomic E-state index is 12.3. The normalized spacial score (nSPS) is 15.3. The van der Waals surface area contributed by atoms with Gasteiger partial charge in [0.15, 0.2) is 0 Å². The van der Waals surface area contributed by atoms with Crippen LogP contribution < -0.4 is 5.32 Å². The van der Waals surface area contributed by atoms with E-state index in [-0.39, 0.29) is 5.91 Å². The summed E-state index contributed by atoms with van der Waals surface area (Å²) in [6.07, 6.45) is 11.1. The first-order valence-corrected chi connectivity index (χ1v) is 8.82. The lowest BCUT2D eigenvalue weighted by molar-refractivity contribution is 0.0273. The fraction of sp³-hybridized carbons (Fsp3) is 0.474. The van der Waals surface area contributed by atoms with Crippen LogP contribution in [0.4, 0.5) is 0 Å². The second-order valence-electron chi connectivity index (χ2n) is 6.31. The number of carbonyl (C=O) groups is 1. The molecule has 0 spiro atoms. The molecule has 1 amide bonds. The highest BCUT2D eigenvalue weighted by Crippen LogP contribution is 2.20. The molecule has 1 saturated carbocycles. The number of benzene rings is 1. The van der Waals surface area contributed by atoms with Gasteiger partial charge in [-0.25, -0.2) is 0 Å². The third-order valence-electron chi connectivity index (χ3n) is 4.47. The monoisotopic (exact) mass is 327 g/mol. The van der Waals surface area contributed by atoms with E-state index in [1.54, 1.807) is 6.20 Å². The molecule has 0 aliphatic heterocycles. The van der Waals surface area contributed by atoms with Gasteiger partial charge in [-0.2, -0.15) is 5.10 Å². The predicted molar refractivity (Wildman–Crippen MR) is 93.8 cm³/mol. The maximum atomic E-state index is 12.3. The molecule has 128 valence electrons. The van der Waals surface area contributed by atoms with Crippen LogP contribution in [0.1, 0.15) is 48.9 Å². The van der Waals surface area contributed by atoms with Gasteiger partial charge in [0.05, 0.1) is 12.3 Å². The maximum Gasteiger partial charge on any atom is 0.251 e. The summed E-state index contributed by atoms with van der Waals surface area (Å²) in [4.78, 5) is 12.3. The number of hydrogen-bond acceptors (Lipinski definition) is 3. The van der Waals surface area contributed by atoms with Gasteiger partial charge in [0.2, 0.25) is 0 Å². The van der Waals surface area contributed by atoms with E-state index < -0.39 is 0 Å². The summed E-state index contributed by atoms with van der Waals surface area (Å²) in [6.45, 7) is 1.36. The Morgan fingerprint density at radius 2 is 2.12 bits per heavy atom. The SMILES string of the molecule is O=C(NCCCOC1CCCCC1)c1cccc(-c2cn[nH]c2)c1. The molecule has 0 atom stereocenters. The highest BCUT2D eigenvalue weighted by molar-refractivity contribution is 5.95. The molecule has 24 heavy (non-hydrogen) atoms. The van der Waals surface area contributed by atoms with Crippen LogP contribution >= 0.6 is 0 Å². The van der Waals surface area contributed by atoms with Gasteiger partial charge in [0.1, 0.15) is 0 Å². The lowest BCUT2D eigenvalue weighted by atomic mass is 9.98. The zero-order chi connectivity index (χ0) is 16.6. The summed E-state index contributed by atoms with van der Waals surface area (Å²) in [5, 5.41) is 9.70. The fourth-order valence-corrected chi connectivity index (χ4v) is 3.11. The Morgan fingerprint density at radius 3 is 2.92 bits per heavy atom. The van der Waals surface area contributed by atoms with Crippen LogP contribution in [0.3, 0.4) is 0 Å². The van der Waals surface area contributed by atoms with E-state index in [0.717, 1.165) is 24.2 Å². The number of ether oxygens (including phenoxy) is 1. The first-order valence-electron chi connectivity index (χ1n) is 8.82. The van der Waals surface area contributed by atoms with Crippen molar-refractivity contribution in [1.29, 1.82) is 0 Å². The Labute approximate surface area is 142 Å². The lowest BCUT2D eigenvalue weighted by Crippen LogP contribution is -2.26. The van der Waals surface area contributed by atoms with Crippen LogP contribution in [0.25, 0.3) is 11.1 Å². The second kappa shape index (κ2) is 8.64. The fourth-order valence-electron chi connectivity index (χ4n) is 3.11. The minimum Gasteiger partial charge on any atom is -0.378 e. The number of hydrogen-bond donors (Lipinski definition) is 2. The summed E-state index contributed by atoms with van der Waals surface area (Å²) in [5.41, 5.74) is 2.63. The molecule has 1 aliphatic carbocycles. The van der Waals surface area contributed by atoms with Crippen molar-refractivity contribution >= 4 is 5.91 Å². The number of aromatic nitrogens is 2. The smallest absolute Gasteiger partial charge is 0.251 e. The third-order valence-corrected chi connectivity index (χ3v) is 4.47. The van der Waals surface area contributed by atoms with E-state index in [4.69, 9.17) is 4.74 Å². The average Bonchev–Trinajstić information content (AvgIpc) is 3.17. The summed E-state index contributed by atoms with van der Waals surface area (Å²) in [7, 11) is 0. The van der Waals surface area contributed by atoms with Crippen LogP contribution in [0.2, 0.25) is 0 Å². The Balaban J connectivity index is 1.41. The molecule has 1 heterocycles. The van der Waals surface area contributed by atoms with E-state index in [1.807, 2.05) is 30.5 Å². The first kappa shape index (κ1) is 16.7. The lowest BCUT2D eigenvalue weighted by Gasteiger charge is -2.21. The first-order chi connectivity index (χ1) is 11.8. The highest BCUT2D eigenvalue weighted by Gasteiger charge is 2.13. The number of nitrogens with one attached hydrogen (secondary N) is 2. The largest absolute Gasteiger partial charge is 0.378 e. The van der Waals surface area contributed by atoms with Gasteiger partial charge in [0.25, 0.3) is 5.91 Å². The number of carbonyl (C=O) groups excluding carboxylic acids is 1. The Hall–Kier alpha value is -2.14. The number of aromatic amines is 1. The Kier molecular flexibility index (Phi) is 6.01. The summed E-state index contributed by atoms with van der Waals surface area (Å²) >= 11 is 0. The van der Waals surface area contributed by atoms with Crippen molar-refractivity contribution in [2.45, 2.75) is 44.6 Å². The third kappa shape index (κ3) is 4.68. The molecule has 5 heteroatoms. The van der Waals surface area contributed by atoms with Crippen molar-refractivity contribution in [3.05, 3.63) is 42.2 Å². The topological polar surface area (TPSA) is 67.0 Å². The molecule has 0 unspecified atom stereocenters. The standard InChI is InChI=1S/C19H25N3O2/c23-19(20-10-5-11-24-18-8-2-1-3-9-18)16-7-4-6-15(12-16)17-13-21-22-14-17/h4,6-7,12-14,18H,1-3,5,8-11H2,(H,20,23)(H,21,22). The molecular formula is C19H25N3O2. The highest BCUT2D eigenvalue weighted by atomic mass is 16.5. The Morgan fingerprint density at radius 1 is 1.25 bits per heavy atom. The van der Waals surface area contributed by atoms with Crippen molar-refractivity contribution in [3.63, 3.8) is 0 Å². The number of nitrogens with zero attached hydrogens (tertiary/aromatic N) is 1. The van der Waals surface area contributed by atoms with Gasteiger partial charge in [0, 0.05) is 30.5 Å². The zero-order valence-electron chi connectivity index (χ0n) is 14.0. The van der Waals surface area contributed by atoms with E-state index in [0.29, 0.717) is 18.2 Å². The zero-order valence-corrected chi connectivity index (χ0v) is 14.0. The van der Waals surface area contributed by atoms with Crippen LogP contribution in [-0.2, 0) is 4.74 Å². The van der Waals surface area contributed by atoms with E-state index in [2.05, 4.69) is 15.5 Å². The van der Waals surface area contributed by atoms with Crippen molar-refractivity contribution in [3.8, 4) is 11.1 Å². The molecule has 0 bridgehead atoms. The molecule has 2 N–H and O–H groups in total. The molecule has 0 saturated heterocycles. The van der Waals surface area contributed by atoms with E-state index >= 15 is 0 Å². The molecular weight excluding hydrogens is 302 g/mol. The Bertz CT molecular complexity index is 634. The van der Waals surface area contributed by atoms with Crippen LogP contribution in [0, 0.1) is 0 Å². The average molecular weight is 327 g/mol. The van der Waals surface area contributed by atoms with Gasteiger partial charge in [-0.1, -0.05) is 31.4 Å². The molecule has 1 aliphatic rings. The van der Waals surface area contributed by atoms with Gasteiger partial charge >= 0.3 is 0 Å². The molecule has 1 aromatic heterocycles. The minimum atomic E-state index is -0.0435. The molecule has 3 rings (SSSR count). The van der Waals surface area contributed by atoms with E-state index in [1.165, 1.54) is 32.1 Å². The van der Waals surface area contributed by atoms with Gasteiger partial charge in [-0.3, -0.25) is 9.89 Å². The van der Waals surface area contributed by atoms with Gasteiger partial charge in [-0.15, -0.1) is 0 Å². The van der Waals surface area contributed by atoms with Crippen LogP contribution in [0.15, 0.2) is 36.7 Å². The van der Waals surface area contributed by atoms with E-state index in [9.17, 15) is 4.79 Å². The van der Waals surface area contributed by atoms with Crippen LogP contribution in [0.5, 0.6) is 0 Å². The van der Waals surface area contributed by atoms with Gasteiger partial charge < -0.3 is 10.1 Å². The summed E-state index contributed by atoms with van der Waals surface area (Å²) in [6, 6.07) is 7.58. The second-order valence-corrected chi connectivity index (χ2v) is 6.31. The molecule has 1 fully saturated rings. The van der Waals surface area contributed by atoms with Crippen molar-refractivity contribution in [2.75, 3.05) is 13.2 Å². The molecule has 2 aromatic rings. The summed E-state index contributed by atoms with van der Waals surface area (Å²) in [5.74, 6) is -0.0435.